The zero-order valence-corrected chi connectivity index (χ0v) is 185. The number of hydrogen-bond donors (Lipinski definition) is 0. The summed E-state index contributed by atoms with van der Waals surface area (Å²) in [5.74, 6) is 0. The van der Waals surface area contributed by atoms with Crippen molar-refractivity contribution in [3.8, 4) is 0 Å². The Labute approximate surface area is 2770 Å². The van der Waals surface area contributed by atoms with Gasteiger partial charge >= 0.3 is 0 Å². The molecule has 675 valence electrons. The van der Waals surface area contributed by atoms with Gasteiger partial charge in [-0.05, 0) is 0 Å². The van der Waals surface area contributed by atoms with Gasteiger partial charge in [0.05, 0.1) is 0 Å². The van der Waals surface area contributed by atoms with Crippen LogP contribution in [0.2, 0.25) is 0 Å². The summed E-state index contributed by atoms with van der Waals surface area (Å²) in [7, 11) is 0. The Bertz CT molecular complexity index is 0. The van der Waals surface area contributed by atoms with Gasteiger partial charge in [0.1, 0.15) is 0 Å². The van der Waals surface area contributed by atoms with Gasteiger partial charge in [0.2, 0.25) is 0 Å². The minimum absolute atomic E-state index is 0. The molecule has 0 aromatic heterocycles. The fraction of sp³-hybridized carbons (Fsp3) is 0. The molecule has 75 heteroatoms. The summed E-state index contributed by atoms with van der Waals surface area (Å²) in [6.07, 6.45) is 0. The fourth-order valence-corrected chi connectivity index (χ4v) is 0. The fourth-order valence-electron chi connectivity index (χ4n) is 0. The first-order valence-corrected chi connectivity index (χ1v) is 0. The summed E-state index contributed by atoms with van der Waals surface area (Å²) < 4.78 is 0. The van der Waals surface area contributed by atoms with Crippen LogP contribution in [-0.2, 0) is 0 Å². The van der Waals surface area contributed by atoms with Gasteiger partial charge in [0.15, 0.2) is 0 Å². The third-order valence-electron chi connectivity index (χ3n) is 0. The standard InChI is InChI=1S/75Tb. The molecule has 0 N–H and O–H groups in total. The van der Waals surface area contributed by atoms with Crippen molar-refractivity contribution >= 4 is 0 Å². The Morgan fingerprint density at radius 2 is 0.0133 bits per heavy atom. The van der Waals surface area contributed by atoms with E-state index in [1.54, 1.807) is 0 Å². The second-order valence-corrected chi connectivity index (χ2v) is 0. The van der Waals surface area contributed by atoms with E-state index in [-0.39, 0.29) is 2900 Å². The zero-order chi connectivity index (χ0) is 0. The molecule has 0 saturated heterocycles. The smallest absolute Gasteiger partial charge is 0 e. The minimum Gasteiger partial charge on any atom is 0 e. The SMILES string of the molecule is [Tb].[Tb].[Tb].[Tb].[Tb].[Tb].[Tb].[Tb].[Tb].[Tb].[Tb].[Tb].[Tb].[Tb].[Tb].[Tb].[Tb].[Tb].[Tb].[Tb].[Tb].[Tb].[Tb].[Tb].[Tb].[Tb].[Tb].[Tb].[Tb].[Tb].[Tb].[Tb].[Tb].[Tb].[Tb].[Tb].[Tb].[Tb].[Tb].[Tb].[Tb].[Tb].[Tb].[Tb].[Tb].[Tb].[Tb].[Tb].[Tb].[Tb].[Tb].[Tb].[Tb].[Tb].[Tb].[Tb].[Tb].[Tb].[Tb].[Tb].[Tb].[Tb].[Tb].[Tb].[Tb].[Tb].[Tb].[Tb].[Tb].[Tb].[Tb].[Tb].[Tb].[Tb].[Tb]. The molecule has 0 aliphatic heterocycles. The van der Waals surface area contributed by atoms with Gasteiger partial charge in [0, 0.05) is 2900 Å². The summed E-state index contributed by atoms with van der Waals surface area (Å²) in [4.78, 5) is 0. The molecule has 0 nitrogen and oxygen atoms in total. The average Bonchev–Trinajstić information content (AvgIpc) is 0. The Balaban J connectivity index is 0. The van der Waals surface area contributed by atoms with E-state index < -0.39 is 0 Å². The number of hydrogen-bond acceptors (Lipinski definition) is 0. The molecule has 0 saturated carbocycles. The van der Waals surface area contributed by atoms with E-state index in [9.17, 15) is 0 Å². The molecule has 75 radical (unpaired) electrons. The zero-order valence-electron chi connectivity index (χ0n) is 25.0. The van der Waals surface area contributed by atoms with Crippen LogP contribution >= 0.6 is 0 Å². The van der Waals surface area contributed by atoms with Gasteiger partial charge in [-0.3, -0.25) is 0 Å². The second-order valence-electron chi connectivity index (χ2n) is 0. The maximum absolute atomic E-state index is 0. The first kappa shape index (κ1) is 535. The van der Waals surface area contributed by atoms with Crippen LogP contribution in [0.15, 0.2) is 0 Å². The molecule has 0 aliphatic carbocycles. The van der Waals surface area contributed by atoms with Crippen molar-refractivity contribution in [1.82, 2.24) is 0 Å². The van der Waals surface area contributed by atoms with Crippen LogP contribution in [0.4, 0.5) is 0 Å². The van der Waals surface area contributed by atoms with Crippen LogP contribution < -0.4 is 0 Å². The Morgan fingerprint density at radius 3 is 0.0133 bits per heavy atom. The molecule has 0 aromatic rings. The van der Waals surface area contributed by atoms with Gasteiger partial charge in [-0.25, -0.2) is 0 Å². The maximum Gasteiger partial charge on any atom is 0 e. The third-order valence-corrected chi connectivity index (χ3v) is 0. The summed E-state index contributed by atoms with van der Waals surface area (Å²) >= 11 is 0. The van der Waals surface area contributed by atoms with Gasteiger partial charge in [-0.2, -0.15) is 0 Å². The van der Waals surface area contributed by atoms with Crippen molar-refractivity contribution in [2.45, 2.75) is 0 Å². The Morgan fingerprint density at radius 1 is 0.0133 bits per heavy atom. The largest absolute Gasteiger partial charge is 0 e. The molecule has 0 heterocycles. The first-order chi connectivity index (χ1) is 0. The predicted molar refractivity (Wildman–Crippen MR) is 0 cm³/mol. The van der Waals surface area contributed by atoms with Gasteiger partial charge in [-0.15, -0.1) is 0 Å². The van der Waals surface area contributed by atoms with E-state index in [4.69, 9.17) is 0 Å². The minimum atomic E-state index is 0. The summed E-state index contributed by atoms with van der Waals surface area (Å²) in [6, 6.07) is 0. The van der Waals surface area contributed by atoms with Gasteiger partial charge in [-0.1, -0.05) is 0 Å². The molecule has 75 heavy (non-hydrogen) atoms. The summed E-state index contributed by atoms with van der Waals surface area (Å²) in [5, 5.41) is 0. The normalized spacial score (nSPS) is 0. The predicted octanol–water partition coefficient (Wildman–Crippen LogP) is 0. The summed E-state index contributed by atoms with van der Waals surface area (Å²) in [6.45, 7) is 0. The van der Waals surface area contributed by atoms with Crippen molar-refractivity contribution in [3.63, 3.8) is 0 Å². The van der Waals surface area contributed by atoms with Crippen LogP contribution in [0.25, 0.3) is 0 Å². The van der Waals surface area contributed by atoms with Crippen molar-refractivity contribution < 1.29 is 2900 Å². The van der Waals surface area contributed by atoms with E-state index in [0.717, 1.165) is 0 Å². The number of rotatable bonds is 0. The van der Waals surface area contributed by atoms with E-state index >= 15 is 0 Å². The Hall–Kier alpha value is 96.4. The molecule has 0 aromatic carbocycles. The second kappa shape index (κ2) is 526. The molecule has 0 spiro atoms. The van der Waals surface area contributed by atoms with Gasteiger partial charge in [0.25, 0.3) is 0 Å². The molecular formula is Tb75. The van der Waals surface area contributed by atoms with Crippen molar-refractivity contribution in [1.29, 1.82) is 0 Å². The average molecular weight is 11900 g/mol. The van der Waals surface area contributed by atoms with Gasteiger partial charge < -0.3 is 0 Å². The molecule has 0 aliphatic rings. The molecule has 0 rings (SSSR count). The van der Waals surface area contributed by atoms with Crippen molar-refractivity contribution in [2.24, 2.45) is 0 Å². The molecular weight excluding hydrogens is 11900 g/mol. The van der Waals surface area contributed by atoms with Crippen LogP contribution in [-0.4, -0.2) is 0 Å². The topological polar surface area (TPSA) is 0 Å². The van der Waals surface area contributed by atoms with Crippen LogP contribution in [0.5, 0.6) is 0 Å². The molecule has 0 fully saturated rings. The maximum atomic E-state index is 0. The van der Waals surface area contributed by atoms with Crippen LogP contribution in [0.1, 0.15) is 0 Å². The quantitative estimate of drug-likeness (QED) is 0.321. The monoisotopic (exact) mass is 11900 g/mol. The van der Waals surface area contributed by atoms with Crippen LogP contribution in [0.3, 0.4) is 0 Å². The third kappa shape index (κ3) is 520. The van der Waals surface area contributed by atoms with E-state index in [2.05, 4.69) is 0 Å². The molecule has 0 unspecified atom stereocenters. The van der Waals surface area contributed by atoms with Crippen LogP contribution in [0, 0.1) is 2900 Å². The molecule has 0 bridgehead atoms. The van der Waals surface area contributed by atoms with E-state index in [0.29, 0.717) is 0 Å². The van der Waals surface area contributed by atoms with E-state index in [1.807, 2.05) is 0 Å². The van der Waals surface area contributed by atoms with E-state index in [1.165, 1.54) is 0 Å². The van der Waals surface area contributed by atoms with Crippen molar-refractivity contribution in [3.05, 3.63) is 0 Å². The van der Waals surface area contributed by atoms with Crippen molar-refractivity contribution in [2.75, 3.05) is 0 Å². The first-order valence-electron chi connectivity index (χ1n) is 0. The molecule has 0 atom stereocenters. The Kier molecular flexibility index (Phi) is 3760. The summed E-state index contributed by atoms with van der Waals surface area (Å²) in [5.41, 5.74) is 0. The molecule has 0 amide bonds.